The van der Waals surface area contributed by atoms with Gasteiger partial charge in [0, 0.05) is 0 Å². The maximum absolute atomic E-state index is 11.2. The van der Waals surface area contributed by atoms with Crippen LogP contribution in [0.25, 0.3) is 0 Å². The van der Waals surface area contributed by atoms with Crippen LogP contribution in [0.5, 0.6) is 0 Å². The molecule has 0 bridgehead atoms. The third kappa shape index (κ3) is 3.03. The highest BCUT2D eigenvalue weighted by Crippen LogP contribution is 2.26. The topological polar surface area (TPSA) is 139 Å². The van der Waals surface area contributed by atoms with Crippen molar-refractivity contribution in [3.05, 3.63) is 0 Å². The average molecular weight is 306 g/mol. The van der Waals surface area contributed by atoms with E-state index in [2.05, 4.69) is 0 Å². The molecule has 0 aromatic carbocycles. The van der Waals surface area contributed by atoms with Crippen LogP contribution in [0.2, 0.25) is 0 Å². The third-order valence-corrected chi connectivity index (χ3v) is 2.86. The van der Waals surface area contributed by atoms with E-state index in [0.717, 1.165) is 0 Å². The first-order valence-corrected chi connectivity index (χ1v) is 5.75. The van der Waals surface area contributed by atoms with E-state index in [1.165, 1.54) is 0 Å². The van der Waals surface area contributed by atoms with E-state index in [1.54, 1.807) is 5.32 Å². The number of nitrogens with one attached hydrogen (secondary N) is 1. The molecule has 1 aliphatic heterocycles. The molecule has 1 fully saturated rings. The summed E-state index contributed by atoms with van der Waals surface area (Å²) >= 11 is 10.5. The minimum absolute atomic E-state index is 0.756. The van der Waals surface area contributed by atoms with Crippen molar-refractivity contribution in [1.29, 1.82) is 0 Å². The fraction of sp³-hybridized carbons (Fsp3) is 0.875. The van der Waals surface area contributed by atoms with Crippen LogP contribution in [0, 0.1) is 0 Å². The van der Waals surface area contributed by atoms with Crippen molar-refractivity contribution in [1.82, 2.24) is 5.32 Å². The average Bonchev–Trinajstić information content (AvgIpc) is 2.31. The summed E-state index contributed by atoms with van der Waals surface area (Å²) in [6.07, 6.45) is -6.93. The molecule has 0 saturated carbocycles. The fourth-order valence-electron chi connectivity index (χ4n) is 1.49. The predicted molar refractivity (Wildman–Crippen MR) is 58.6 cm³/mol. The van der Waals surface area contributed by atoms with Crippen molar-refractivity contribution < 1.29 is 35.1 Å². The molecular weight excluding hydrogens is 293 g/mol. The first kappa shape index (κ1) is 15.9. The lowest BCUT2D eigenvalue weighted by Crippen LogP contribution is -2.71. The second-order valence-electron chi connectivity index (χ2n) is 3.75. The quantitative estimate of drug-likeness (QED) is 0.242. The molecule has 1 heterocycles. The molecular formula is C8H13Cl2NO7. The van der Waals surface area contributed by atoms with Crippen LogP contribution < -0.4 is 5.32 Å². The second-order valence-corrected chi connectivity index (χ2v) is 4.85. The van der Waals surface area contributed by atoms with Crippen molar-refractivity contribution >= 4 is 29.1 Å². The number of alkyl halides is 2. The molecule has 5 unspecified atom stereocenters. The first-order valence-electron chi connectivity index (χ1n) is 4.88. The van der Waals surface area contributed by atoms with Crippen LogP contribution in [0.1, 0.15) is 0 Å². The zero-order chi connectivity index (χ0) is 14.1. The van der Waals surface area contributed by atoms with Crippen molar-refractivity contribution in [2.45, 2.75) is 35.2 Å². The van der Waals surface area contributed by atoms with Crippen LogP contribution >= 0.6 is 23.2 Å². The Hall–Kier alpha value is -0.190. The summed E-state index contributed by atoms with van der Waals surface area (Å²) in [5.74, 6) is -3.80. The van der Waals surface area contributed by atoms with Crippen molar-refractivity contribution in [2.24, 2.45) is 0 Å². The maximum Gasteiger partial charge on any atom is 0.279 e. The number of ether oxygens (including phenoxy) is 1. The molecule has 10 heteroatoms. The van der Waals surface area contributed by atoms with Crippen LogP contribution in [0.15, 0.2) is 0 Å². The van der Waals surface area contributed by atoms with Gasteiger partial charge < -0.3 is 35.6 Å². The Bertz CT molecular complexity index is 316. The van der Waals surface area contributed by atoms with E-state index >= 15 is 0 Å². The Balaban J connectivity index is 2.88. The number of aliphatic hydroxyl groups is 5. The summed E-state index contributed by atoms with van der Waals surface area (Å²) in [7, 11) is 0. The molecule has 1 amide bonds. The Labute approximate surface area is 112 Å². The molecule has 6 N–H and O–H groups in total. The number of hydrogen-bond acceptors (Lipinski definition) is 7. The molecule has 106 valence electrons. The number of rotatable bonds is 3. The van der Waals surface area contributed by atoms with Crippen molar-refractivity contribution in [3.8, 4) is 0 Å². The SMILES string of the molecule is O=C(NC1(O)OC(CO)C(O)C(O)C1O)C(Cl)Cl. The summed E-state index contributed by atoms with van der Waals surface area (Å²) in [6, 6.07) is 0. The molecule has 0 aliphatic carbocycles. The van der Waals surface area contributed by atoms with Crippen LogP contribution in [-0.4, -0.2) is 73.2 Å². The fourth-order valence-corrected chi connectivity index (χ4v) is 1.60. The van der Waals surface area contributed by atoms with Gasteiger partial charge in [0.15, 0.2) is 10.9 Å². The summed E-state index contributed by atoms with van der Waals surface area (Å²) in [6.45, 7) is -0.756. The summed E-state index contributed by atoms with van der Waals surface area (Å²) in [5, 5.41) is 48.9. The van der Waals surface area contributed by atoms with Crippen molar-refractivity contribution in [2.75, 3.05) is 6.61 Å². The van der Waals surface area contributed by atoms with E-state index in [1.807, 2.05) is 0 Å². The number of amides is 1. The number of halogens is 2. The molecule has 0 radical (unpaired) electrons. The van der Waals surface area contributed by atoms with E-state index in [-0.39, 0.29) is 0 Å². The lowest BCUT2D eigenvalue weighted by Gasteiger charge is -2.45. The minimum atomic E-state index is -2.72. The van der Waals surface area contributed by atoms with E-state index in [9.17, 15) is 25.2 Å². The molecule has 8 nitrogen and oxygen atoms in total. The maximum atomic E-state index is 11.2. The highest BCUT2D eigenvalue weighted by molar-refractivity contribution is 6.53. The number of aliphatic hydroxyl groups excluding tert-OH is 4. The molecule has 0 spiro atoms. The Kier molecular flexibility index (Phi) is 5.15. The van der Waals surface area contributed by atoms with Gasteiger partial charge in [-0.3, -0.25) is 4.79 Å². The Morgan fingerprint density at radius 3 is 2.33 bits per heavy atom. The Morgan fingerprint density at radius 1 is 1.33 bits per heavy atom. The van der Waals surface area contributed by atoms with Gasteiger partial charge in [0.05, 0.1) is 6.61 Å². The summed E-state index contributed by atoms with van der Waals surface area (Å²) < 4.78 is 4.74. The molecule has 1 aliphatic rings. The molecule has 18 heavy (non-hydrogen) atoms. The first-order chi connectivity index (χ1) is 8.23. The van der Waals surface area contributed by atoms with Crippen LogP contribution in [0.4, 0.5) is 0 Å². The third-order valence-electron chi connectivity index (χ3n) is 2.47. The highest BCUT2D eigenvalue weighted by atomic mass is 35.5. The van der Waals surface area contributed by atoms with Gasteiger partial charge >= 0.3 is 0 Å². The van der Waals surface area contributed by atoms with E-state index in [0.29, 0.717) is 0 Å². The van der Waals surface area contributed by atoms with Gasteiger partial charge in [-0.05, 0) is 0 Å². The molecule has 0 aromatic rings. The lowest BCUT2D eigenvalue weighted by atomic mass is 9.96. The largest absolute Gasteiger partial charge is 0.394 e. The van der Waals surface area contributed by atoms with Gasteiger partial charge in [-0.1, -0.05) is 23.2 Å². The van der Waals surface area contributed by atoms with Gasteiger partial charge in [0.25, 0.3) is 11.8 Å². The monoisotopic (exact) mass is 305 g/mol. The number of hydrogen-bond donors (Lipinski definition) is 6. The smallest absolute Gasteiger partial charge is 0.279 e. The zero-order valence-electron chi connectivity index (χ0n) is 8.90. The lowest BCUT2D eigenvalue weighted by molar-refractivity contribution is -0.358. The van der Waals surface area contributed by atoms with Gasteiger partial charge in [-0.2, -0.15) is 0 Å². The van der Waals surface area contributed by atoms with Crippen LogP contribution in [-0.2, 0) is 9.53 Å². The summed E-state index contributed by atoms with van der Waals surface area (Å²) in [4.78, 5) is 9.67. The van der Waals surface area contributed by atoms with Gasteiger partial charge in [0.1, 0.15) is 18.3 Å². The molecule has 1 saturated heterocycles. The van der Waals surface area contributed by atoms with E-state index in [4.69, 9.17) is 33.0 Å². The number of carbonyl (C=O) groups excluding carboxylic acids is 1. The van der Waals surface area contributed by atoms with Gasteiger partial charge in [0.2, 0.25) is 0 Å². The number of carbonyl (C=O) groups is 1. The zero-order valence-corrected chi connectivity index (χ0v) is 10.4. The standard InChI is InChI=1S/C8H13Cl2NO7/c9-6(10)7(16)11-8(17)5(15)4(14)3(13)2(1-12)18-8/h2-6,12-15,17H,1H2,(H,11,16). The Morgan fingerprint density at radius 2 is 1.89 bits per heavy atom. The summed E-state index contributed by atoms with van der Waals surface area (Å²) in [5.41, 5.74) is 0. The minimum Gasteiger partial charge on any atom is -0.394 e. The molecule has 0 aromatic heterocycles. The van der Waals surface area contributed by atoms with E-state index < -0.39 is 47.7 Å². The molecule has 1 rings (SSSR count). The predicted octanol–water partition coefficient (Wildman–Crippen LogP) is -2.97. The highest BCUT2D eigenvalue weighted by Gasteiger charge is 2.54. The normalized spacial score (nSPS) is 40.9. The van der Waals surface area contributed by atoms with Crippen LogP contribution in [0.3, 0.4) is 0 Å². The second kappa shape index (κ2) is 5.85. The van der Waals surface area contributed by atoms with Gasteiger partial charge in [-0.15, -0.1) is 0 Å². The van der Waals surface area contributed by atoms with Crippen molar-refractivity contribution in [3.63, 3.8) is 0 Å². The van der Waals surface area contributed by atoms with Gasteiger partial charge in [-0.25, -0.2) is 0 Å². The molecule has 5 atom stereocenters.